The van der Waals surface area contributed by atoms with Crippen molar-refractivity contribution in [2.75, 3.05) is 10.6 Å². The molecule has 0 aliphatic heterocycles. The Hall–Kier alpha value is -1.23. The van der Waals surface area contributed by atoms with Gasteiger partial charge in [0, 0.05) is 10.0 Å². The van der Waals surface area contributed by atoms with Gasteiger partial charge in [0.15, 0.2) is 0 Å². The van der Waals surface area contributed by atoms with Crippen molar-refractivity contribution >= 4 is 38.9 Å². The number of aryl methyl sites for hydroxylation is 2. The molecule has 0 amide bonds. The molecule has 0 saturated carbocycles. The van der Waals surface area contributed by atoms with Gasteiger partial charge in [-0.25, -0.2) is 8.42 Å². The Morgan fingerprint density at radius 2 is 1.73 bits per heavy atom. The largest absolute Gasteiger partial charge is 0.266 e. The summed E-state index contributed by atoms with van der Waals surface area (Å²) in [7, 11) is -3.44. The molecule has 0 radical (unpaired) electrons. The lowest BCUT2D eigenvalue weighted by atomic mass is 10.1. The van der Waals surface area contributed by atoms with Gasteiger partial charge in [0.05, 0.1) is 18.5 Å². The second-order valence-corrected chi connectivity index (χ2v) is 8.05. The molecule has 22 heavy (non-hydrogen) atoms. The van der Waals surface area contributed by atoms with Crippen LogP contribution in [-0.2, 0) is 16.6 Å². The highest BCUT2D eigenvalue weighted by Crippen LogP contribution is 2.29. The van der Waals surface area contributed by atoms with Crippen LogP contribution >= 0.6 is 23.2 Å². The summed E-state index contributed by atoms with van der Waals surface area (Å²) in [5.41, 5.74) is 3.25. The van der Waals surface area contributed by atoms with Gasteiger partial charge in [0.1, 0.15) is 0 Å². The van der Waals surface area contributed by atoms with Crippen LogP contribution in [0.15, 0.2) is 36.4 Å². The van der Waals surface area contributed by atoms with E-state index in [1.165, 1.54) is 10.6 Å². The Morgan fingerprint density at radius 1 is 1.05 bits per heavy atom. The van der Waals surface area contributed by atoms with Gasteiger partial charge >= 0.3 is 0 Å². The van der Waals surface area contributed by atoms with Crippen molar-refractivity contribution in [3.8, 4) is 0 Å². The molecule has 118 valence electrons. The predicted molar refractivity (Wildman–Crippen MR) is 93.4 cm³/mol. The molecule has 0 unspecified atom stereocenters. The fourth-order valence-corrected chi connectivity index (χ4v) is 3.57. The van der Waals surface area contributed by atoms with Crippen LogP contribution in [0.2, 0.25) is 10.0 Å². The number of rotatable bonds is 4. The number of anilines is 1. The van der Waals surface area contributed by atoms with E-state index in [9.17, 15) is 8.42 Å². The van der Waals surface area contributed by atoms with Gasteiger partial charge in [0.25, 0.3) is 0 Å². The zero-order valence-corrected chi connectivity index (χ0v) is 14.9. The van der Waals surface area contributed by atoms with E-state index in [0.29, 0.717) is 21.3 Å². The zero-order valence-electron chi connectivity index (χ0n) is 12.6. The number of halogens is 2. The summed E-state index contributed by atoms with van der Waals surface area (Å²) in [5, 5.41) is 0.970. The average Bonchev–Trinajstić information content (AvgIpc) is 2.40. The summed E-state index contributed by atoms with van der Waals surface area (Å²) >= 11 is 12.1. The van der Waals surface area contributed by atoms with Crippen molar-refractivity contribution in [1.29, 1.82) is 0 Å². The SMILES string of the molecule is Cc1ccc(C)c(N(Cc2ccc(Cl)cc2Cl)S(C)(=O)=O)c1. The summed E-state index contributed by atoms with van der Waals surface area (Å²) < 4.78 is 25.8. The Bertz CT molecular complexity index is 804. The van der Waals surface area contributed by atoms with Crippen LogP contribution in [0.4, 0.5) is 5.69 Å². The second kappa shape index (κ2) is 6.49. The molecule has 0 fully saturated rings. The number of benzene rings is 2. The molecule has 0 saturated heterocycles. The van der Waals surface area contributed by atoms with E-state index in [-0.39, 0.29) is 6.54 Å². The van der Waals surface area contributed by atoms with Gasteiger partial charge in [-0.05, 0) is 48.7 Å². The molecule has 2 aromatic carbocycles. The molecule has 0 aliphatic rings. The molecule has 6 heteroatoms. The number of nitrogens with zero attached hydrogens (tertiary/aromatic N) is 1. The molecule has 0 N–H and O–H groups in total. The van der Waals surface area contributed by atoms with E-state index >= 15 is 0 Å². The number of hydrogen-bond donors (Lipinski definition) is 0. The molecule has 0 heterocycles. The molecular formula is C16H17Cl2NO2S. The third-order valence-corrected chi connectivity index (χ3v) is 5.08. The summed E-state index contributed by atoms with van der Waals surface area (Å²) in [5.74, 6) is 0. The van der Waals surface area contributed by atoms with Crippen molar-refractivity contribution < 1.29 is 8.42 Å². The van der Waals surface area contributed by atoms with Gasteiger partial charge in [0.2, 0.25) is 10.0 Å². The van der Waals surface area contributed by atoms with E-state index in [2.05, 4.69) is 0 Å². The monoisotopic (exact) mass is 357 g/mol. The minimum atomic E-state index is -3.44. The predicted octanol–water partition coefficient (Wildman–Crippen LogP) is 4.58. The summed E-state index contributed by atoms with van der Waals surface area (Å²) in [6, 6.07) is 10.8. The second-order valence-electron chi connectivity index (χ2n) is 5.30. The maximum Gasteiger partial charge on any atom is 0.232 e. The van der Waals surface area contributed by atoms with Gasteiger partial charge < -0.3 is 0 Å². The lowest BCUT2D eigenvalue weighted by molar-refractivity contribution is 0.596. The van der Waals surface area contributed by atoms with E-state index < -0.39 is 10.0 Å². The van der Waals surface area contributed by atoms with Crippen molar-refractivity contribution in [2.45, 2.75) is 20.4 Å². The molecule has 0 spiro atoms. The number of hydrogen-bond acceptors (Lipinski definition) is 2. The maximum atomic E-state index is 12.2. The first-order valence-corrected chi connectivity index (χ1v) is 9.28. The highest BCUT2D eigenvalue weighted by atomic mass is 35.5. The summed E-state index contributed by atoms with van der Waals surface area (Å²) in [6.07, 6.45) is 1.19. The summed E-state index contributed by atoms with van der Waals surface area (Å²) in [6.45, 7) is 3.98. The van der Waals surface area contributed by atoms with Crippen molar-refractivity contribution in [3.63, 3.8) is 0 Å². The summed E-state index contributed by atoms with van der Waals surface area (Å²) in [4.78, 5) is 0. The zero-order chi connectivity index (χ0) is 16.5. The fourth-order valence-electron chi connectivity index (χ4n) is 2.17. The van der Waals surface area contributed by atoms with Crippen molar-refractivity contribution in [2.24, 2.45) is 0 Å². The van der Waals surface area contributed by atoms with Crippen LogP contribution in [0.25, 0.3) is 0 Å². The molecular weight excluding hydrogens is 341 g/mol. The molecule has 2 rings (SSSR count). The van der Waals surface area contributed by atoms with Crippen LogP contribution in [0.3, 0.4) is 0 Å². The lowest BCUT2D eigenvalue weighted by Gasteiger charge is -2.25. The molecule has 0 aromatic heterocycles. The lowest BCUT2D eigenvalue weighted by Crippen LogP contribution is -2.30. The Kier molecular flexibility index (Phi) is 5.05. The van der Waals surface area contributed by atoms with Crippen LogP contribution in [0, 0.1) is 13.8 Å². The third kappa shape index (κ3) is 3.94. The standard InChI is InChI=1S/C16H17Cl2NO2S/c1-11-4-5-12(2)16(8-11)19(22(3,20)21)10-13-6-7-14(17)9-15(13)18/h4-9H,10H2,1-3H3. The highest BCUT2D eigenvalue weighted by Gasteiger charge is 2.21. The van der Waals surface area contributed by atoms with Gasteiger partial charge in [-0.2, -0.15) is 0 Å². The molecule has 0 bridgehead atoms. The minimum Gasteiger partial charge on any atom is -0.266 e. The van der Waals surface area contributed by atoms with Crippen molar-refractivity contribution in [1.82, 2.24) is 0 Å². The highest BCUT2D eigenvalue weighted by molar-refractivity contribution is 7.92. The topological polar surface area (TPSA) is 37.4 Å². The number of sulfonamides is 1. The normalized spacial score (nSPS) is 11.5. The van der Waals surface area contributed by atoms with E-state index in [0.717, 1.165) is 11.1 Å². The van der Waals surface area contributed by atoms with Crippen LogP contribution in [-0.4, -0.2) is 14.7 Å². The average molecular weight is 358 g/mol. The van der Waals surface area contributed by atoms with Crippen LogP contribution in [0.5, 0.6) is 0 Å². The smallest absolute Gasteiger partial charge is 0.232 e. The van der Waals surface area contributed by atoms with Gasteiger partial charge in [-0.1, -0.05) is 41.4 Å². The Balaban J connectivity index is 2.50. The fraction of sp³-hybridized carbons (Fsp3) is 0.250. The Morgan fingerprint density at radius 3 is 2.32 bits per heavy atom. The van der Waals surface area contributed by atoms with Gasteiger partial charge in [-0.3, -0.25) is 4.31 Å². The first-order valence-electron chi connectivity index (χ1n) is 6.67. The van der Waals surface area contributed by atoms with Crippen molar-refractivity contribution in [3.05, 3.63) is 63.1 Å². The maximum absolute atomic E-state index is 12.2. The third-order valence-electron chi connectivity index (χ3n) is 3.36. The first-order chi connectivity index (χ1) is 10.2. The Labute approximate surface area is 141 Å². The van der Waals surface area contributed by atoms with E-state index in [1.807, 2.05) is 32.0 Å². The molecule has 2 aromatic rings. The first kappa shape index (κ1) is 17.1. The van der Waals surface area contributed by atoms with Gasteiger partial charge in [-0.15, -0.1) is 0 Å². The van der Waals surface area contributed by atoms with E-state index in [1.54, 1.807) is 18.2 Å². The molecule has 0 atom stereocenters. The van der Waals surface area contributed by atoms with E-state index in [4.69, 9.17) is 23.2 Å². The van der Waals surface area contributed by atoms with Crippen LogP contribution in [0.1, 0.15) is 16.7 Å². The van der Waals surface area contributed by atoms with Crippen LogP contribution < -0.4 is 4.31 Å². The quantitative estimate of drug-likeness (QED) is 0.803. The molecule has 0 aliphatic carbocycles. The minimum absolute atomic E-state index is 0.166. The molecule has 3 nitrogen and oxygen atoms in total.